The van der Waals surface area contributed by atoms with Gasteiger partial charge in [-0.1, -0.05) is 0 Å². The van der Waals surface area contributed by atoms with Crippen LogP contribution in [0.25, 0.3) is 0 Å². The minimum Gasteiger partial charge on any atom is -0.530 e. The Morgan fingerprint density at radius 3 is 1.26 bits per heavy atom. The zero-order valence-electron chi connectivity index (χ0n) is 10.3. The van der Waals surface area contributed by atoms with Crippen molar-refractivity contribution in [3.05, 3.63) is 0 Å². The van der Waals surface area contributed by atoms with Crippen LogP contribution in [0.2, 0.25) is 0 Å². The van der Waals surface area contributed by atoms with E-state index in [2.05, 4.69) is 0 Å². The fourth-order valence-electron chi connectivity index (χ4n) is 1.68. The summed E-state index contributed by atoms with van der Waals surface area (Å²) < 4.78 is 0. The standard InChI is InChI=1S/2C5H7NO3.Sr/c2*7-4-2-1-3-6(4)5(8)9;/h2*1-3H2,(H,8,9);/q;;+2/p-2. The Bertz CT molecular complexity index is 350. The van der Waals surface area contributed by atoms with E-state index in [1.165, 1.54) is 0 Å². The van der Waals surface area contributed by atoms with Crippen molar-refractivity contribution in [2.45, 2.75) is 25.7 Å². The Morgan fingerprint density at radius 2 is 1.16 bits per heavy atom. The first-order valence-corrected chi connectivity index (χ1v) is 5.46. The molecule has 0 aromatic carbocycles. The predicted molar refractivity (Wildman–Crippen MR) is 58.4 cm³/mol. The molecule has 0 bridgehead atoms. The van der Waals surface area contributed by atoms with E-state index in [1.807, 2.05) is 0 Å². The second-order valence-electron chi connectivity index (χ2n) is 3.83. The van der Waals surface area contributed by atoms with Crippen molar-refractivity contribution in [3.8, 4) is 0 Å². The fraction of sp³-hybridized carbons (Fsp3) is 0.600. The van der Waals surface area contributed by atoms with Crippen molar-refractivity contribution in [2.24, 2.45) is 0 Å². The van der Waals surface area contributed by atoms with Crippen LogP contribution in [0, 0.1) is 0 Å². The monoisotopic (exact) mass is 344 g/mol. The van der Waals surface area contributed by atoms with E-state index in [-0.39, 0.29) is 57.3 Å². The zero-order valence-corrected chi connectivity index (χ0v) is 13.8. The Morgan fingerprint density at radius 1 is 0.842 bits per heavy atom. The molecule has 2 heterocycles. The predicted octanol–water partition coefficient (Wildman–Crippen LogP) is -2.48. The number of likely N-dealkylation sites (tertiary alicyclic amines) is 2. The number of rotatable bonds is 0. The largest absolute Gasteiger partial charge is 2.00 e. The molecule has 100 valence electrons. The average Bonchev–Trinajstić information content (AvgIpc) is 2.87. The first kappa shape index (κ1) is 18.4. The fourth-order valence-corrected chi connectivity index (χ4v) is 1.68. The Labute approximate surface area is 146 Å². The molecule has 0 saturated carbocycles. The Kier molecular flexibility index (Phi) is 8.23. The molecule has 0 aromatic rings. The number of nitrogens with zero attached hydrogens (tertiary/aromatic N) is 2. The summed E-state index contributed by atoms with van der Waals surface area (Å²) in [6, 6.07) is 0. The molecule has 0 atom stereocenters. The van der Waals surface area contributed by atoms with E-state index < -0.39 is 12.2 Å². The van der Waals surface area contributed by atoms with Crippen LogP contribution in [0.3, 0.4) is 0 Å². The zero-order chi connectivity index (χ0) is 13.7. The van der Waals surface area contributed by atoms with E-state index in [0.29, 0.717) is 38.8 Å². The summed E-state index contributed by atoms with van der Waals surface area (Å²) in [5.74, 6) is -0.676. The van der Waals surface area contributed by atoms with Crippen molar-refractivity contribution < 1.29 is 29.4 Å². The summed E-state index contributed by atoms with van der Waals surface area (Å²) in [7, 11) is 0. The van der Waals surface area contributed by atoms with Crippen molar-refractivity contribution in [1.82, 2.24) is 9.80 Å². The van der Waals surface area contributed by atoms with Gasteiger partial charge in [0, 0.05) is 25.9 Å². The van der Waals surface area contributed by atoms with Gasteiger partial charge in [0.15, 0.2) is 0 Å². The van der Waals surface area contributed by atoms with E-state index >= 15 is 0 Å². The molecule has 8 nitrogen and oxygen atoms in total. The summed E-state index contributed by atoms with van der Waals surface area (Å²) in [6.45, 7) is 0.613. The molecule has 9 heteroatoms. The van der Waals surface area contributed by atoms with Crippen molar-refractivity contribution in [3.63, 3.8) is 0 Å². The molecular weight excluding hydrogens is 332 g/mol. The van der Waals surface area contributed by atoms with Gasteiger partial charge in [0.05, 0.1) is 0 Å². The van der Waals surface area contributed by atoms with Gasteiger partial charge in [0.2, 0.25) is 11.8 Å². The maximum atomic E-state index is 10.5. The molecular formula is C10H12N2O6Sr. The topological polar surface area (TPSA) is 121 Å². The summed E-state index contributed by atoms with van der Waals surface area (Å²) in [5.41, 5.74) is 0. The third-order valence-electron chi connectivity index (χ3n) is 2.59. The Hall–Kier alpha value is -0.639. The minimum atomic E-state index is -1.38. The number of amides is 4. The summed E-state index contributed by atoms with van der Waals surface area (Å²) in [5, 5.41) is 20.0. The molecule has 0 aliphatic carbocycles. The minimum absolute atomic E-state index is 0. The van der Waals surface area contributed by atoms with Gasteiger partial charge in [-0.05, 0) is 12.8 Å². The van der Waals surface area contributed by atoms with Gasteiger partial charge in [-0.15, -0.1) is 0 Å². The third kappa shape index (κ3) is 5.47. The molecule has 2 fully saturated rings. The molecule has 19 heavy (non-hydrogen) atoms. The molecule has 0 aromatic heterocycles. The first-order valence-electron chi connectivity index (χ1n) is 5.46. The smallest absolute Gasteiger partial charge is 0.530 e. The number of carboxylic acid groups (broad SMARTS) is 2. The first-order chi connectivity index (χ1) is 8.43. The molecule has 2 saturated heterocycles. The maximum Gasteiger partial charge on any atom is 2.00 e. The summed E-state index contributed by atoms with van der Waals surface area (Å²) >= 11 is 0. The number of carbonyl (C=O) groups is 4. The van der Waals surface area contributed by atoms with Crippen LogP contribution in [0.15, 0.2) is 0 Å². The van der Waals surface area contributed by atoms with Gasteiger partial charge in [0.25, 0.3) is 0 Å². The molecule has 2 aliphatic heterocycles. The van der Waals surface area contributed by atoms with Crippen LogP contribution in [0.1, 0.15) is 25.7 Å². The van der Waals surface area contributed by atoms with Gasteiger partial charge >= 0.3 is 45.5 Å². The van der Waals surface area contributed by atoms with Crippen LogP contribution in [0.4, 0.5) is 9.59 Å². The SMILES string of the molecule is O=C([O-])N1CCCC1=O.O=C([O-])N1CCCC1=O.[Sr+2]. The molecule has 4 amide bonds. The maximum absolute atomic E-state index is 10.5. The van der Waals surface area contributed by atoms with E-state index in [0.717, 1.165) is 9.80 Å². The van der Waals surface area contributed by atoms with Gasteiger partial charge in [0.1, 0.15) is 12.2 Å². The van der Waals surface area contributed by atoms with Gasteiger partial charge in [-0.25, -0.2) is 0 Å². The van der Waals surface area contributed by atoms with Crippen LogP contribution >= 0.6 is 0 Å². The Balaban J connectivity index is 0.000000324. The normalized spacial score (nSPS) is 17.7. The van der Waals surface area contributed by atoms with Crippen LogP contribution in [-0.4, -0.2) is 92.4 Å². The van der Waals surface area contributed by atoms with Crippen molar-refractivity contribution >= 4 is 69.5 Å². The second kappa shape index (κ2) is 8.52. The van der Waals surface area contributed by atoms with Gasteiger partial charge in [-0.2, -0.15) is 0 Å². The number of imide groups is 2. The molecule has 2 aliphatic rings. The molecule has 0 unspecified atom stereocenters. The molecule has 2 rings (SSSR count). The number of hydrogen-bond donors (Lipinski definition) is 0. The van der Waals surface area contributed by atoms with Gasteiger partial charge in [-0.3, -0.25) is 19.4 Å². The second-order valence-corrected chi connectivity index (χ2v) is 3.83. The molecule has 0 N–H and O–H groups in total. The van der Waals surface area contributed by atoms with Crippen LogP contribution in [-0.2, 0) is 9.59 Å². The third-order valence-corrected chi connectivity index (χ3v) is 2.59. The summed E-state index contributed by atoms with van der Waals surface area (Å²) in [6.07, 6.45) is -0.809. The van der Waals surface area contributed by atoms with E-state index in [9.17, 15) is 29.4 Å². The van der Waals surface area contributed by atoms with E-state index in [1.54, 1.807) is 0 Å². The molecule has 0 spiro atoms. The quantitative estimate of drug-likeness (QED) is 0.449. The number of carbonyl (C=O) groups excluding carboxylic acids is 4. The van der Waals surface area contributed by atoms with Crippen LogP contribution in [0.5, 0.6) is 0 Å². The number of hydrogen-bond acceptors (Lipinski definition) is 6. The van der Waals surface area contributed by atoms with Crippen LogP contribution < -0.4 is 10.2 Å². The van der Waals surface area contributed by atoms with Crippen molar-refractivity contribution in [2.75, 3.05) is 13.1 Å². The van der Waals surface area contributed by atoms with E-state index in [4.69, 9.17) is 0 Å². The summed E-state index contributed by atoms with van der Waals surface area (Å²) in [4.78, 5) is 42.5. The van der Waals surface area contributed by atoms with Crippen molar-refractivity contribution in [1.29, 1.82) is 0 Å². The molecule has 0 radical (unpaired) electrons. The van der Waals surface area contributed by atoms with Gasteiger partial charge < -0.3 is 19.8 Å². The average molecular weight is 344 g/mol.